The van der Waals surface area contributed by atoms with Crippen LogP contribution in [0.2, 0.25) is 0 Å². The van der Waals surface area contributed by atoms with E-state index in [0.717, 1.165) is 23.4 Å². The Morgan fingerprint density at radius 1 is 1.50 bits per heavy atom. The van der Waals surface area contributed by atoms with E-state index in [1.807, 2.05) is 31.2 Å². The van der Waals surface area contributed by atoms with Crippen molar-refractivity contribution in [3.8, 4) is 0 Å². The number of carbonyl (C=O) groups excluding carboxylic acids is 1. The highest BCUT2D eigenvalue weighted by atomic mass is 32.2. The third-order valence-electron chi connectivity index (χ3n) is 1.98. The van der Waals surface area contributed by atoms with Crippen LogP contribution in [0.4, 0.5) is 5.69 Å². The average Bonchev–Trinajstić information content (AvgIpc) is 2.24. The lowest BCUT2D eigenvalue weighted by molar-refractivity contribution is -0.113. The molecule has 0 heterocycles. The Kier molecular flexibility index (Phi) is 5.96. The van der Waals surface area contributed by atoms with Crippen LogP contribution in [0, 0.1) is 6.92 Å². The van der Waals surface area contributed by atoms with Crippen LogP contribution in [0.3, 0.4) is 0 Å². The van der Waals surface area contributed by atoms with Crippen LogP contribution in [-0.2, 0) is 4.79 Å². The molecule has 0 aliphatic carbocycles. The Morgan fingerprint density at radius 2 is 2.31 bits per heavy atom. The van der Waals surface area contributed by atoms with E-state index in [-0.39, 0.29) is 12.5 Å². The minimum absolute atomic E-state index is 0.00791. The first-order valence-corrected chi connectivity index (χ1v) is 6.43. The highest BCUT2D eigenvalue weighted by molar-refractivity contribution is 7.99. The van der Waals surface area contributed by atoms with Gasteiger partial charge in [0.25, 0.3) is 0 Å². The minimum atomic E-state index is 0.00791. The Bertz CT molecular complexity index is 342. The lowest BCUT2D eigenvalue weighted by Crippen LogP contribution is -2.14. The minimum Gasteiger partial charge on any atom is -0.396 e. The van der Waals surface area contributed by atoms with Crippen LogP contribution in [0.25, 0.3) is 0 Å². The molecule has 0 aromatic heterocycles. The van der Waals surface area contributed by atoms with Crippen LogP contribution >= 0.6 is 11.8 Å². The van der Waals surface area contributed by atoms with Gasteiger partial charge < -0.3 is 10.4 Å². The molecular weight excluding hydrogens is 222 g/mol. The second kappa shape index (κ2) is 7.30. The van der Waals surface area contributed by atoms with Gasteiger partial charge in [-0.3, -0.25) is 4.79 Å². The van der Waals surface area contributed by atoms with Gasteiger partial charge in [-0.25, -0.2) is 0 Å². The van der Waals surface area contributed by atoms with Crippen LogP contribution < -0.4 is 5.32 Å². The molecule has 0 saturated carbocycles. The molecule has 1 aromatic carbocycles. The SMILES string of the molecule is Cc1cccc(NC(=O)CSCCCO)c1. The van der Waals surface area contributed by atoms with Gasteiger partial charge in [-0.15, -0.1) is 0 Å². The molecule has 16 heavy (non-hydrogen) atoms. The normalized spacial score (nSPS) is 10.1. The van der Waals surface area contributed by atoms with Gasteiger partial charge in [-0.05, 0) is 36.8 Å². The number of benzene rings is 1. The number of rotatable bonds is 6. The zero-order valence-electron chi connectivity index (χ0n) is 9.40. The summed E-state index contributed by atoms with van der Waals surface area (Å²) in [7, 11) is 0. The Morgan fingerprint density at radius 3 is 3.00 bits per heavy atom. The number of hydrogen-bond acceptors (Lipinski definition) is 3. The van der Waals surface area contributed by atoms with Gasteiger partial charge in [-0.2, -0.15) is 11.8 Å². The number of amides is 1. The highest BCUT2D eigenvalue weighted by Crippen LogP contribution is 2.10. The number of thioether (sulfide) groups is 1. The molecule has 0 atom stereocenters. The van der Waals surface area contributed by atoms with Crippen LogP contribution in [0.1, 0.15) is 12.0 Å². The van der Waals surface area contributed by atoms with E-state index >= 15 is 0 Å². The highest BCUT2D eigenvalue weighted by Gasteiger charge is 2.02. The summed E-state index contributed by atoms with van der Waals surface area (Å²) >= 11 is 1.54. The molecule has 0 radical (unpaired) electrons. The maximum absolute atomic E-state index is 11.5. The number of aliphatic hydroxyl groups excluding tert-OH is 1. The van der Waals surface area contributed by atoms with Gasteiger partial charge >= 0.3 is 0 Å². The second-order valence-electron chi connectivity index (χ2n) is 3.55. The van der Waals surface area contributed by atoms with Crippen LogP contribution in [0.5, 0.6) is 0 Å². The molecule has 0 saturated heterocycles. The number of carbonyl (C=O) groups is 1. The van der Waals surface area contributed by atoms with E-state index in [1.54, 1.807) is 0 Å². The van der Waals surface area contributed by atoms with Gasteiger partial charge in [0.05, 0.1) is 5.75 Å². The first kappa shape index (κ1) is 13.1. The van der Waals surface area contributed by atoms with Gasteiger partial charge in [-0.1, -0.05) is 12.1 Å². The van der Waals surface area contributed by atoms with Crippen molar-refractivity contribution in [3.63, 3.8) is 0 Å². The fourth-order valence-corrected chi connectivity index (χ4v) is 1.99. The Hall–Kier alpha value is -1.00. The van der Waals surface area contributed by atoms with Crippen molar-refractivity contribution in [1.82, 2.24) is 0 Å². The maximum atomic E-state index is 11.5. The van der Waals surface area contributed by atoms with Crippen molar-refractivity contribution in [2.75, 3.05) is 23.4 Å². The second-order valence-corrected chi connectivity index (χ2v) is 4.65. The van der Waals surface area contributed by atoms with E-state index in [9.17, 15) is 4.79 Å². The summed E-state index contributed by atoms with van der Waals surface area (Å²) in [4.78, 5) is 11.5. The summed E-state index contributed by atoms with van der Waals surface area (Å²) in [6.45, 7) is 2.18. The fraction of sp³-hybridized carbons (Fsp3) is 0.417. The quantitative estimate of drug-likeness (QED) is 0.747. The lowest BCUT2D eigenvalue weighted by Gasteiger charge is -2.05. The van der Waals surface area contributed by atoms with Crippen LogP contribution in [-0.4, -0.2) is 29.1 Å². The van der Waals surface area contributed by atoms with Crippen molar-refractivity contribution in [3.05, 3.63) is 29.8 Å². The zero-order chi connectivity index (χ0) is 11.8. The van der Waals surface area contributed by atoms with Crippen LogP contribution in [0.15, 0.2) is 24.3 Å². The standard InChI is InChI=1S/C12H17NO2S/c1-10-4-2-5-11(8-10)13-12(15)9-16-7-3-6-14/h2,4-5,8,14H,3,6-7,9H2,1H3,(H,13,15). The lowest BCUT2D eigenvalue weighted by atomic mass is 10.2. The molecule has 0 fully saturated rings. The number of anilines is 1. The number of aliphatic hydroxyl groups is 1. The summed E-state index contributed by atoms with van der Waals surface area (Å²) in [6.07, 6.45) is 0.738. The molecule has 1 aromatic rings. The van der Waals surface area contributed by atoms with Crippen molar-refractivity contribution < 1.29 is 9.90 Å². The average molecular weight is 239 g/mol. The molecule has 2 N–H and O–H groups in total. The Labute approximate surface area is 100 Å². The molecule has 0 bridgehead atoms. The summed E-state index contributed by atoms with van der Waals surface area (Å²) in [5, 5.41) is 11.4. The monoisotopic (exact) mass is 239 g/mol. The van der Waals surface area contributed by atoms with Crippen molar-refractivity contribution in [2.45, 2.75) is 13.3 Å². The maximum Gasteiger partial charge on any atom is 0.234 e. The molecule has 3 nitrogen and oxygen atoms in total. The number of aryl methyl sites for hydroxylation is 1. The smallest absolute Gasteiger partial charge is 0.234 e. The molecule has 0 aliphatic heterocycles. The number of nitrogens with one attached hydrogen (secondary N) is 1. The largest absolute Gasteiger partial charge is 0.396 e. The summed E-state index contributed by atoms with van der Waals surface area (Å²) in [5.74, 6) is 1.26. The molecule has 88 valence electrons. The third-order valence-corrected chi connectivity index (χ3v) is 3.03. The zero-order valence-corrected chi connectivity index (χ0v) is 10.2. The number of hydrogen-bond donors (Lipinski definition) is 2. The van der Waals surface area contributed by atoms with E-state index in [4.69, 9.17) is 5.11 Å². The van der Waals surface area contributed by atoms with E-state index in [0.29, 0.717) is 5.75 Å². The van der Waals surface area contributed by atoms with Crippen molar-refractivity contribution in [2.24, 2.45) is 0 Å². The predicted octanol–water partition coefficient (Wildman–Crippen LogP) is 2.05. The fourth-order valence-electron chi connectivity index (χ4n) is 1.25. The molecule has 1 rings (SSSR count). The van der Waals surface area contributed by atoms with E-state index in [1.165, 1.54) is 11.8 Å². The first-order chi connectivity index (χ1) is 7.72. The van der Waals surface area contributed by atoms with E-state index in [2.05, 4.69) is 5.32 Å². The Balaban J connectivity index is 2.29. The molecule has 4 heteroatoms. The summed E-state index contributed by atoms with van der Waals surface area (Å²) in [5.41, 5.74) is 1.97. The van der Waals surface area contributed by atoms with Gasteiger partial charge in [0.2, 0.25) is 5.91 Å². The van der Waals surface area contributed by atoms with E-state index < -0.39 is 0 Å². The summed E-state index contributed by atoms with van der Waals surface area (Å²) < 4.78 is 0. The summed E-state index contributed by atoms with van der Waals surface area (Å²) in [6, 6.07) is 7.73. The molecular formula is C12H17NO2S. The molecule has 0 unspecified atom stereocenters. The first-order valence-electron chi connectivity index (χ1n) is 5.27. The van der Waals surface area contributed by atoms with Gasteiger partial charge in [0.1, 0.15) is 0 Å². The molecule has 1 amide bonds. The van der Waals surface area contributed by atoms with Crippen molar-refractivity contribution >= 4 is 23.4 Å². The van der Waals surface area contributed by atoms with Crippen molar-refractivity contribution in [1.29, 1.82) is 0 Å². The third kappa shape index (κ3) is 5.19. The molecule has 0 aliphatic rings. The van der Waals surface area contributed by atoms with Gasteiger partial charge in [0.15, 0.2) is 0 Å². The van der Waals surface area contributed by atoms with Gasteiger partial charge in [0, 0.05) is 12.3 Å². The predicted molar refractivity (Wildman–Crippen MR) is 68.8 cm³/mol. The topological polar surface area (TPSA) is 49.3 Å². The molecule has 0 spiro atoms.